The second-order valence-electron chi connectivity index (χ2n) is 8.56. The zero-order valence-electron chi connectivity index (χ0n) is 15.8. The zero-order chi connectivity index (χ0) is 19.7. The molecule has 2 aromatic rings. The van der Waals surface area contributed by atoms with Crippen molar-refractivity contribution in [3.8, 4) is 11.3 Å². The number of carbonyl (C=O) groups is 1. The number of amides is 1. The second kappa shape index (κ2) is 5.72. The van der Waals surface area contributed by atoms with Gasteiger partial charge in [-0.15, -0.1) is 0 Å². The van der Waals surface area contributed by atoms with E-state index in [2.05, 4.69) is 24.0 Å². The summed E-state index contributed by atoms with van der Waals surface area (Å²) in [5.41, 5.74) is 1.46. The Morgan fingerprint density at radius 1 is 1.25 bits per heavy atom. The van der Waals surface area contributed by atoms with Crippen molar-refractivity contribution in [2.45, 2.75) is 38.0 Å². The first-order chi connectivity index (χ1) is 13.3. The molecule has 1 saturated heterocycles. The van der Waals surface area contributed by atoms with Crippen LogP contribution in [0.4, 0.5) is 13.6 Å². The molecular formula is C21H21F2N3O2. The lowest BCUT2D eigenvalue weighted by Gasteiger charge is -2.39. The molecule has 5 nitrogen and oxygen atoms in total. The molecule has 2 bridgehead atoms. The normalized spacial score (nSPS) is 27.2. The first kappa shape index (κ1) is 17.5. The molecule has 0 radical (unpaired) electrons. The van der Waals surface area contributed by atoms with Crippen LogP contribution in [0.1, 0.15) is 43.9 Å². The highest BCUT2D eigenvalue weighted by Crippen LogP contribution is 2.67. The topological polar surface area (TPSA) is 55.3 Å². The lowest BCUT2D eigenvalue weighted by atomic mass is 9.68. The van der Waals surface area contributed by atoms with Crippen LogP contribution in [0.15, 0.2) is 24.3 Å². The minimum atomic E-state index is -0.647. The van der Waals surface area contributed by atoms with Crippen LogP contribution in [0.3, 0.4) is 0 Å². The predicted octanol–water partition coefficient (Wildman–Crippen LogP) is 4.03. The minimum absolute atomic E-state index is 0.140. The van der Waals surface area contributed by atoms with Crippen LogP contribution in [-0.2, 0) is 10.2 Å². The van der Waals surface area contributed by atoms with Gasteiger partial charge in [0.2, 0.25) is 0 Å². The van der Waals surface area contributed by atoms with E-state index in [1.165, 1.54) is 18.2 Å². The maximum atomic E-state index is 14.3. The fourth-order valence-corrected chi connectivity index (χ4v) is 5.54. The summed E-state index contributed by atoms with van der Waals surface area (Å²) in [6.07, 6.45) is 1.57. The first-order valence-corrected chi connectivity index (χ1v) is 9.59. The Morgan fingerprint density at radius 3 is 2.68 bits per heavy atom. The molecular weight excluding hydrogens is 364 g/mol. The van der Waals surface area contributed by atoms with E-state index >= 15 is 0 Å². The highest BCUT2D eigenvalue weighted by Gasteiger charge is 2.64. The molecule has 1 amide bonds. The number of ether oxygens (including phenoxy) is 1. The summed E-state index contributed by atoms with van der Waals surface area (Å²) >= 11 is 0. The highest BCUT2D eigenvalue weighted by molar-refractivity contribution is 5.70. The molecule has 1 aromatic carbocycles. The van der Waals surface area contributed by atoms with E-state index in [1.54, 1.807) is 11.0 Å². The van der Waals surface area contributed by atoms with Crippen LogP contribution in [0.5, 0.6) is 0 Å². The van der Waals surface area contributed by atoms with Crippen LogP contribution in [-0.4, -0.2) is 40.9 Å². The maximum Gasteiger partial charge on any atom is 0.409 e. The number of hydrogen-bond donors (Lipinski definition) is 0. The Morgan fingerprint density at radius 2 is 2.00 bits per heavy atom. The third-order valence-electron chi connectivity index (χ3n) is 7.14. The lowest BCUT2D eigenvalue weighted by Crippen LogP contribution is -2.46. The van der Waals surface area contributed by atoms with E-state index in [-0.39, 0.29) is 34.1 Å². The predicted molar refractivity (Wildman–Crippen MR) is 97.7 cm³/mol. The molecule has 0 unspecified atom stereocenters. The molecule has 2 heterocycles. The van der Waals surface area contributed by atoms with Gasteiger partial charge in [-0.25, -0.2) is 13.6 Å². The van der Waals surface area contributed by atoms with Gasteiger partial charge in [0.25, 0.3) is 0 Å². The van der Waals surface area contributed by atoms with Crippen molar-refractivity contribution in [3.63, 3.8) is 0 Å². The van der Waals surface area contributed by atoms with Crippen molar-refractivity contribution < 1.29 is 18.3 Å². The van der Waals surface area contributed by atoms with E-state index in [4.69, 9.17) is 4.74 Å². The van der Waals surface area contributed by atoms with Crippen LogP contribution in [0.2, 0.25) is 0 Å². The smallest absolute Gasteiger partial charge is 0.409 e. The standard InChI is InChI=1S/C21H21F2N3O2/c1-20(2)13-6-7-21(20,11-26-8-9-28-19(26)27)18-12(13)10-16(24-25-18)17-14(22)4-3-5-15(17)23/h3-5,10,13H,6-9,11H2,1-2H3/t13-,21-/m0/s1. The third-order valence-corrected chi connectivity index (χ3v) is 7.14. The summed E-state index contributed by atoms with van der Waals surface area (Å²) in [5.74, 6) is -1.08. The number of hydrogen-bond acceptors (Lipinski definition) is 4. The van der Waals surface area contributed by atoms with E-state index in [0.717, 1.165) is 24.1 Å². The number of nitrogens with zero attached hydrogens (tertiary/aromatic N) is 3. The summed E-state index contributed by atoms with van der Waals surface area (Å²) in [6, 6.07) is 5.58. The Labute approximate surface area is 161 Å². The van der Waals surface area contributed by atoms with Crippen molar-refractivity contribution in [1.82, 2.24) is 15.1 Å². The number of carbonyl (C=O) groups excluding carboxylic acids is 1. The Kier molecular flexibility index (Phi) is 3.58. The van der Waals surface area contributed by atoms with Gasteiger partial charge in [-0.1, -0.05) is 19.9 Å². The molecule has 3 aliphatic rings. The summed E-state index contributed by atoms with van der Waals surface area (Å²) < 4.78 is 33.6. The van der Waals surface area contributed by atoms with E-state index in [9.17, 15) is 13.6 Å². The maximum absolute atomic E-state index is 14.3. The van der Waals surface area contributed by atoms with Crippen LogP contribution < -0.4 is 0 Å². The van der Waals surface area contributed by atoms with Crippen molar-refractivity contribution in [2.24, 2.45) is 5.41 Å². The Balaban J connectivity index is 1.62. The third kappa shape index (κ3) is 2.13. The summed E-state index contributed by atoms with van der Waals surface area (Å²) in [4.78, 5) is 13.8. The van der Waals surface area contributed by atoms with Gasteiger partial charge in [-0.2, -0.15) is 10.2 Å². The van der Waals surface area contributed by atoms with Gasteiger partial charge in [0.1, 0.15) is 18.2 Å². The molecule has 28 heavy (non-hydrogen) atoms. The molecule has 0 N–H and O–H groups in total. The summed E-state index contributed by atoms with van der Waals surface area (Å²) in [6.45, 7) is 5.89. The van der Waals surface area contributed by atoms with Gasteiger partial charge < -0.3 is 9.64 Å². The highest BCUT2D eigenvalue weighted by atomic mass is 19.1. The Hall–Kier alpha value is -2.57. The van der Waals surface area contributed by atoms with Gasteiger partial charge in [-0.05, 0) is 47.9 Å². The minimum Gasteiger partial charge on any atom is -0.448 e. The van der Waals surface area contributed by atoms with E-state index in [1.807, 2.05) is 0 Å². The summed E-state index contributed by atoms with van der Waals surface area (Å²) in [5, 5.41) is 8.67. The van der Waals surface area contributed by atoms with Crippen LogP contribution >= 0.6 is 0 Å². The SMILES string of the molecule is CC1(C)[C@H]2CC[C@]1(CN1CCOC1=O)c1nnc(-c3c(F)cccc3F)cc12. The fraction of sp³-hybridized carbons (Fsp3) is 0.476. The molecule has 1 aromatic heterocycles. The zero-order valence-corrected chi connectivity index (χ0v) is 15.8. The van der Waals surface area contributed by atoms with Crippen LogP contribution in [0.25, 0.3) is 11.3 Å². The fourth-order valence-electron chi connectivity index (χ4n) is 5.54. The largest absolute Gasteiger partial charge is 0.448 e. The van der Waals surface area contributed by atoms with Crippen molar-refractivity contribution >= 4 is 6.09 Å². The molecule has 0 spiro atoms. The van der Waals surface area contributed by atoms with Gasteiger partial charge in [0.05, 0.1) is 23.5 Å². The van der Waals surface area contributed by atoms with Gasteiger partial charge in [-0.3, -0.25) is 0 Å². The van der Waals surface area contributed by atoms with Crippen LogP contribution in [0, 0.1) is 17.0 Å². The second-order valence-corrected chi connectivity index (χ2v) is 8.56. The van der Waals surface area contributed by atoms with Gasteiger partial charge in [0, 0.05) is 12.0 Å². The first-order valence-electron chi connectivity index (χ1n) is 9.59. The van der Waals surface area contributed by atoms with Gasteiger partial charge in [0.15, 0.2) is 0 Å². The molecule has 2 fully saturated rings. The number of cyclic esters (lactones) is 1. The quantitative estimate of drug-likeness (QED) is 0.801. The molecule has 2 aliphatic carbocycles. The van der Waals surface area contributed by atoms with E-state index in [0.29, 0.717) is 19.7 Å². The molecule has 146 valence electrons. The molecule has 2 atom stereocenters. The molecule has 5 rings (SSSR count). The van der Waals surface area contributed by atoms with Gasteiger partial charge >= 0.3 is 6.09 Å². The van der Waals surface area contributed by atoms with Crippen molar-refractivity contribution in [2.75, 3.05) is 19.7 Å². The molecule has 1 saturated carbocycles. The average molecular weight is 385 g/mol. The van der Waals surface area contributed by atoms with Crippen molar-refractivity contribution in [3.05, 3.63) is 47.2 Å². The monoisotopic (exact) mass is 385 g/mol. The molecule has 1 aliphatic heterocycles. The van der Waals surface area contributed by atoms with Crippen molar-refractivity contribution in [1.29, 1.82) is 0 Å². The number of fused-ring (bicyclic) bond motifs is 5. The van der Waals surface area contributed by atoms with E-state index < -0.39 is 11.6 Å². The number of aromatic nitrogens is 2. The average Bonchev–Trinajstić information content (AvgIpc) is 3.22. The number of halogens is 2. The number of benzene rings is 1. The Bertz CT molecular complexity index is 973. The molecule has 7 heteroatoms. The lowest BCUT2D eigenvalue weighted by molar-refractivity contribution is 0.127. The summed E-state index contributed by atoms with van der Waals surface area (Å²) in [7, 11) is 0. The number of rotatable bonds is 3.